The molecule has 6 radical (unpaired) electrons. The molecule has 0 bridgehead atoms. The number of rotatable bonds is 6. The molecule has 76 heavy (non-hydrogen) atoms. The molecule has 0 spiro atoms. The Morgan fingerprint density at radius 1 is 0.408 bits per heavy atom. The summed E-state index contributed by atoms with van der Waals surface area (Å²) in [7, 11) is 7.15. The Balaban J connectivity index is 0.000000449. The van der Waals surface area contributed by atoms with Crippen LogP contribution in [0.3, 0.4) is 0 Å². The van der Waals surface area contributed by atoms with Crippen LogP contribution in [0.15, 0.2) is 129 Å². The molecule has 0 atom stereocenters. The molecule has 12 heterocycles. The summed E-state index contributed by atoms with van der Waals surface area (Å²) in [4.78, 5) is 56.0. The van der Waals surface area contributed by atoms with Gasteiger partial charge in [-0.2, -0.15) is 20.1 Å². The maximum atomic E-state index is 4.77. The molecule has 0 aliphatic heterocycles. The smallest absolute Gasteiger partial charge is 0.167 e. The van der Waals surface area contributed by atoms with Crippen molar-refractivity contribution in [1.82, 2.24) is 140 Å². The first-order valence-corrected chi connectivity index (χ1v) is 19.7. The number of tetrazole rings is 1. The molecule has 0 amide bonds. The van der Waals surface area contributed by atoms with Crippen molar-refractivity contribution < 1.29 is 125 Å². The van der Waals surface area contributed by atoms with E-state index in [1.165, 1.54) is 22.1 Å². The summed E-state index contributed by atoms with van der Waals surface area (Å²) >= 11 is 0. The SMILES string of the molecule is Cn1cc(-c2[c-]nccn2)nn1.Cn1ccc(-c2[c-]nccn2)n1.Cn1cnc(-c2[c-]nccn2)n1.Cn1nnc(-c2[c-]nccn2)n1.[Ir].[Ir].[Ir].[Ir].[Ir].[Ir].[c-]1nccnc1-c1cocn1.[c-]1nccnc1-n1ccnn1. The van der Waals surface area contributed by atoms with Gasteiger partial charge in [0, 0.05) is 176 Å². The largest absolute Gasteiger partial charge is 0.465 e. The summed E-state index contributed by atoms with van der Waals surface area (Å²) in [5.41, 5.74) is 5.10. The number of hydrogen-bond acceptors (Lipinski definition) is 24. The van der Waals surface area contributed by atoms with Gasteiger partial charge in [0.1, 0.15) is 5.82 Å². The number of hydrogen-bond donors (Lipinski definition) is 0. The van der Waals surface area contributed by atoms with E-state index in [2.05, 4.69) is 153 Å². The Hall–Kier alpha value is -6.71. The van der Waals surface area contributed by atoms with Crippen LogP contribution in [0, 0.1) is 37.2 Å². The summed E-state index contributed by atoms with van der Waals surface area (Å²) in [5.74, 6) is 1.53. The summed E-state index contributed by atoms with van der Waals surface area (Å²) in [6.45, 7) is 0. The van der Waals surface area contributed by atoms with Crippen LogP contribution < -0.4 is 0 Å². The molecule has 35 heteroatoms. The fraction of sp³-hybridized carbons (Fsp3) is 0.0976. The van der Waals surface area contributed by atoms with E-state index in [0.29, 0.717) is 57.3 Å². The molecule has 0 aliphatic rings. The average Bonchev–Trinajstić information content (AvgIpc) is 4.30. The molecule has 0 N–H and O–H groups in total. The molecule has 402 valence electrons. The molecule has 0 fully saturated rings. The maximum Gasteiger partial charge on any atom is 0.167 e. The minimum absolute atomic E-state index is 0. The Kier molecular flexibility index (Phi) is 32.9. The van der Waals surface area contributed by atoms with Crippen LogP contribution in [0.4, 0.5) is 0 Å². The zero-order chi connectivity index (χ0) is 48.6. The first kappa shape index (κ1) is 67.3. The van der Waals surface area contributed by atoms with Gasteiger partial charge in [-0.25, -0.2) is 14.9 Å². The van der Waals surface area contributed by atoms with Gasteiger partial charge < -0.3 is 34.3 Å². The van der Waals surface area contributed by atoms with Crippen molar-refractivity contribution in [1.29, 1.82) is 0 Å². The minimum Gasteiger partial charge on any atom is -0.465 e. The fourth-order valence-electron chi connectivity index (χ4n) is 4.77. The Morgan fingerprint density at radius 2 is 0.934 bits per heavy atom. The second-order valence-electron chi connectivity index (χ2n) is 12.8. The quantitative estimate of drug-likeness (QED) is 0.210. The minimum atomic E-state index is 0. The van der Waals surface area contributed by atoms with E-state index in [4.69, 9.17) is 4.42 Å². The summed E-state index contributed by atoms with van der Waals surface area (Å²) in [5, 5.41) is 34.6. The predicted molar refractivity (Wildman–Crippen MR) is 236 cm³/mol. The molecule has 12 aromatic rings. The van der Waals surface area contributed by atoms with Gasteiger partial charge in [-0.1, -0.05) is 83.7 Å². The van der Waals surface area contributed by atoms with Crippen molar-refractivity contribution >= 4 is 0 Å². The van der Waals surface area contributed by atoms with Crippen LogP contribution in [0.5, 0.6) is 0 Å². The molecule has 0 aromatic carbocycles. The van der Waals surface area contributed by atoms with Crippen molar-refractivity contribution in [3.8, 4) is 63.0 Å². The van der Waals surface area contributed by atoms with E-state index >= 15 is 0 Å². The summed E-state index contributed by atoms with van der Waals surface area (Å²) < 4.78 is 11.2. The van der Waals surface area contributed by atoms with Gasteiger partial charge in [0.05, 0.1) is 43.7 Å². The van der Waals surface area contributed by atoms with Crippen LogP contribution >= 0.6 is 0 Å². The van der Waals surface area contributed by atoms with Crippen molar-refractivity contribution in [3.63, 3.8) is 0 Å². The molecule has 12 rings (SSSR count). The number of aromatic nitrogens is 28. The van der Waals surface area contributed by atoms with Crippen LogP contribution in [-0.2, 0) is 149 Å². The summed E-state index contributed by atoms with van der Waals surface area (Å²) in [6.07, 6.45) is 46.4. The first-order valence-electron chi connectivity index (χ1n) is 19.7. The zero-order valence-corrected chi connectivity index (χ0v) is 53.3. The van der Waals surface area contributed by atoms with Crippen molar-refractivity contribution in [2.45, 2.75) is 0 Å². The predicted octanol–water partition coefficient (Wildman–Crippen LogP) is 1.06. The van der Waals surface area contributed by atoms with Gasteiger partial charge in [-0.05, 0) is 60.5 Å². The average molecular weight is 2090 g/mol. The monoisotopic (exact) mass is 2090 g/mol. The number of aryl methyl sites for hydroxylation is 4. The zero-order valence-electron chi connectivity index (χ0n) is 39.0. The Labute approximate surface area is 512 Å². The third kappa shape index (κ3) is 22.2. The van der Waals surface area contributed by atoms with Gasteiger partial charge in [-0.15, -0.1) is 17.5 Å². The molecule has 29 nitrogen and oxygen atoms in total. The van der Waals surface area contributed by atoms with Crippen LogP contribution in [-0.4, -0.2) is 140 Å². The van der Waals surface area contributed by atoms with E-state index in [1.807, 2.05) is 19.3 Å². The molecule has 0 saturated carbocycles. The van der Waals surface area contributed by atoms with Crippen molar-refractivity contribution in [2.75, 3.05) is 0 Å². The fourth-order valence-corrected chi connectivity index (χ4v) is 4.77. The van der Waals surface area contributed by atoms with E-state index < -0.39 is 0 Å². The van der Waals surface area contributed by atoms with Crippen LogP contribution in [0.2, 0.25) is 0 Å². The second kappa shape index (κ2) is 37.1. The van der Waals surface area contributed by atoms with E-state index in [0.717, 1.165) is 5.69 Å². The first-order chi connectivity index (χ1) is 34.4. The standard InChI is InChI=1S/C8H7N4.2C7H6N5.C7H4N3O.C6H5N6.C6H4N5.6Ir/c1-12-5-2-7(11-12)8-6-9-3-4-10-8;1-12-5-10-7(11-12)6-4-8-2-3-9-6;1-12-5-7(10-11-12)6-4-8-2-3-9-6;1-2-9-6(3-8-1)7-4-11-5-10-7;1-12-10-6(9-11-12)5-4-7-2-3-8-5;1-2-8-6(5-7-1)11-4-3-9-10-11;;;;;;/h2-5H,1H3;2*2-3,5H,1H3;1-2,4-5H;2-3H,1H3;1-4H;;;;;;/q6*-1;;;;;;. The second-order valence-corrected chi connectivity index (χ2v) is 12.8. The molecular formula is C41H32Ir6N28O-6. The normalized spacial score (nSPS) is 9.21. The van der Waals surface area contributed by atoms with Crippen LogP contribution in [0.25, 0.3) is 63.0 Å². The molecule has 0 unspecified atom stereocenters. The molecule has 0 saturated heterocycles. The van der Waals surface area contributed by atoms with Gasteiger partial charge in [-0.3, -0.25) is 53.9 Å². The van der Waals surface area contributed by atoms with E-state index in [-0.39, 0.29) is 121 Å². The van der Waals surface area contributed by atoms with Gasteiger partial charge in [0.2, 0.25) is 0 Å². The third-order valence-corrected chi connectivity index (χ3v) is 7.73. The molecular weight excluding hydrogens is 2050 g/mol. The van der Waals surface area contributed by atoms with Gasteiger partial charge in [0.15, 0.2) is 6.39 Å². The van der Waals surface area contributed by atoms with E-state index in [1.54, 1.807) is 134 Å². The number of oxazole rings is 1. The summed E-state index contributed by atoms with van der Waals surface area (Å²) in [6, 6.07) is 1.88. The van der Waals surface area contributed by atoms with Crippen molar-refractivity contribution in [3.05, 3.63) is 161 Å². The van der Waals surface area contributed by atoms with Gasteiger partial charge >= 0.3 is 0 Å². The Morgan fingerprint density at radius 3 is 1.33 bits per heavy atom. The number of nitrogens with zero attached hydrogens (tertiary/aromatic N) is 28. The van der Waals surface area contributed by atoms with Crippen molar-refractivity contribution in [2.24, 2.45) is 28.2 Å². The third-order valence-electron chi connectivity index (χ3n) is 7.73. The maximum absolute atomic E-state index is 4.77. The molecule has 12 aromatic heterocycles. The van der Waals surface area contributed by atoms with Gasteiger partial charge in [0.25, 0.3) is 0 Å². The van der Waals surface area contributed by atoms with Crippen LogP contribution in [0.1, 0.15) is 0 Å². The topological polar surface area (TPSA) is 334 Å². The molecule has 0 aliphatic carbocycles. The Bertz CT molecular complexity index is 2900. The van der Waals surface area contributed by atoms with E-state index in [9.17, 15) is 0 Å².